The van der Waals surface area contributed by atoms with Crippen LogP contribution in [0.5, 0.6) is 5.75 Å². The molecular formula is C15H15NO3. The molecule has 0 radical (unpaired) electrons. The highest BCUT2D eigenvalue weighted by molar-refractivity contribution is 5.79. The summed E-state index contributed by atoms with van der Waals surface area (Å²) in [5, 5.41) is 18.6. The highest BCUT2D eigenvalue weighted by atomic mass is 16.4. The molecule has 0 heterocycles. The summed E-state index contributed by atoms with van der Waals surface area (Å²) >= 11 is 0. The molecule has 0 unspecified atom stereocenters. The van der Waals surface area contributed by atoms with Crippen LogP contribution < -0.4 is 4.90 Å². The predicted octanol–water partition coefficient (Wildman–Crippen LogP) is 2.92. The third kappa shape index (κ3) is 3.04. The zero-order valence-corrected chi connectivity index (χ0v) is 10.6. The van der Waals surface area contributed by atoms with Gasteiger partial charge < -0.3 is 15.1 Å². The third-order valence-corrected chi connectivity index (χ3v) is 2.84. The lowest BCUT2D eigenvalue weighted by Crippen LogP contribution is -2.25. The lowest BCUT2D eigenvalue weighted by Gasteiger charge is -2.24. The number of aliphatic carboxylic acids is 1. The topological polar surface area (TPSA) is 60.8 Å². The molecule has 0 aliphatic rings. The first kappa shape index (κ1) is 13.0. The summed E-state index contributed by atoms with van der Waals surface area (Å²) in [5.41, 5.74) is 2.44. The lowest BCUT2D eigenvalue weighted by atomic mass is 10.1. The molecule has 0 fully saturated rings. The zero-order chi connectivity index (χ0) is 13.8. The van der Waals surface area contributed by atoms with E-state index in [1.807, 2.05) is 31.2 Å². The fourth-order valence-corrected chi connectivity index (χ4v) is 1.98. The molecule has 0 bridgehead atoms. The van der Waals surface area contributed by atoms with Crippen molar-refractivity contribution in [1.82, 2.24) is 0 Å². The Kier molecular flexibility index (Phi) is 3.71. The maximum Gasteiger partial charge on any atom is 0.323 e. The molecule has 0 saturated carbocycles. The first-order valence-corrected chi connectivity index (χ1v) is 5.92. The first-order valence-electron chi connectivity index (χ1n) is 5.92. The number of nitrogens with zero attached hydrogens (tertiary/aromatic N) is 1. The Bertz CT molecular complexity index is 595. The van der Waals surface area contributed by atoms with E-state index in [9.17, 15) is 9.90 Å². The second-order valence-corrected chi connectivity index (χ2v) is 4.29. The molecule has 2 N–H and O–H groups in total. The molecule has 0 aromatic heterocycles. The van der Waals surface area contributed by atoms with Gasteiger partial charge >= 0.3 is 5.97 Å². The molecule has 0 aliphatic heterocycles. The number of hydrogen-bond acceptors (Lipinski definition) is 3. The van der Waals surface area contributed by atoms with Crippen molar-refractivity contribution in [1.29, 1.82) is 0 Å². The Morgan fingerprint density at radius 2 is 1.89 bits per heavy atom. The summed E-state index contributed by atoms with van der Waals surface area (Å²) in [6.07, 6.45) is 0. The number of phenols is 1. The van der Waals surface area contributed by atoms with Crippen LogP contribution in [-0.2, 0) is 4.79 Å². The van der Waals surface area contributed by atoms with Gasteiger partial charge in [0.15, 0.2) is 0 Å². The van der Waals surface area contributed by atoms with E-state index in [0.717, 1.165) is 11.3 Å². The van der Waals surface area contributed by atoms with Gasteiger partial charge in [-0.3, -0.25) is 4.79 Å². The van der Waals surface area contributed by atoms with Crippen LogP contribution >= 0.6 is 0 Å². The molecule has 0 spiro atoms. The van der Waals surface area contributed by atoms with E-state index in [2.05, 4.69) is 0 Å². The largest absolute Gasteiger partial charge is 0.508 e. The minimum atomic E-state index is -0.924. The van der Waals surface area contributed by atoms with Crippen LogP contribution in [0.4, 0.5) is 11.4 Å². The van der Waals surface area contributed by atoms with Gasteiger partial charge in [0.25, 0.3) is 0 Å². The van der Waals surface area contributed by atoms with Gasteiger partial charge in [-0.15, -0.1) is 0 Å². The number of aryl methyl sites for hydroxylation is 1. The van der Waals surface area contributed by atoms with Crippen molar-refractivity contribution in [2.24, 2.45) is 0 Å². The summed E-state index contributed by atoms with van der Waals surface area (Å²) in [7, 11) is 0. The van der Waals surface area contributed by atoms with Crippen LogP contribution in [0.1, 0.15) is 5.56 Å². The van der Waals surface area contributed by atoms with Gasteiger partial charge in [0, 0.05) is 17.4 Å². The fraction of sp³-hybridized carbons (Fsp3) is 0.133. The van der Waals surface area contributed by atoms with Gasteiger partial charge in [-0.25, -0.2) is 0 Å². The number of rotatable bonds is 4. The Morgan fingerprint density at radius 1 is 1.16 bits per heavy atom. The highest BCUT2D eigenvalue weighted by Crippen LogP contribution is 2.29. The van der Waals surface area contributed by atoms with Crippen LogP contribution in [0.2, 0.25) is 0 Å². The molecule has 4 heteroatoms. The molecule has 0 saturated heterocycles. The molecule has 2 aromatic carbocycles. The Morgan fingerprint density at radius 3 is 2.53 bits per heavy atom. The molecule has 19 heavy (non-hydrogen) atoms. The zero-order valence-electron chi connectivity index (χ0n) is 10.6. The SMILES string of the molecule is Cc1ccccc1N(CC(=O)O)c1cccc(O)c1. The number of phenolic OH excluding ortho intramolecular Hbond substituents is 1. The van der Waals surface area contributed by atoms with E-state index in [1.54, 1.807) is 29.2 Å². The third-order valence-electron chi connectivity index (χ3n) is 2.84. The van der Waals surface area contributed by atoms with Crippen LogP contribution in [0.25, 0.3) is 0 Å². The normalized spacial score (nSPS) is 10.2. The highest BCUT2D eigenvalue weighted by Gasteiger charge is 2.15. The molecule has 4 nitrogen and oxygen atoms in total. The smallest absolute Gasteiger partial charge is 0.323 e. The summed E-state index contributed by atoms with van der Waals surface area (Å²) in [6, 6.07) is 14.1. The predicted molar refractivity (Wildman–Crippen MR) is 73.9 cm³/mol. The van der Waals surface area contributed by atoms with Gasteiger partial charge in [-0.2, -0.15) is 0 Å². The van der Waals surface area contributed by atoms with Crippen molar-refractivity contribution in [2.75, 3.05) is 11.4 Å². The van der Waals surface area contributed by atoms with E-state index < -0.39 is 5.97 Å². The first-order chi connectivity index (χ1) is 9.08. The van der Waals surface area contributed by atoms with Crippen molar-refractivity contribution in [2.45, 2.75) is 6.92 Å². The van der Waals surface area contributed by atoms with Crippen molar-refractivity contribution in [3.05, 3.63) is 54.1 Å². The van der Waals surface area contributed by atoms with Gasteiger partial charge in [0.1, 0.15) is 12.3 Å². The van der Waals surface area contributed by atoms with Crippen LogP contribution in [0, 0.1) is 6.92 Å². The second kappa shape index (κ2) is 5.44. The Labute approximate surface area is 111 Å². The summed E-state index contributed by atoms with van der Waals surface area (Å²) in [6.45, 7) is 1.77. The summed E-state index contributed by atoms with van der Waals surface area (Å²) < 4.78 is 0. The van der Waals surface area contributed by atoms with Crippen LogP contribution in [0.3, 0.4) is 0 Å². The lowest BCUT2D eigenvalue weighted by molar-refractivity contribution is -0.135. The number of para-hydroxylation sites is 1. The average molecular weight is 257 g/mol. The van der Waals surface area contributed by atoms with Crippen molar-refractivity contribution in [3.63, 3.8) is 0 Å². The van der Waals surface area contributed by atoms with Gasteiger partial charge in [-0.05, 0) is 30.7 Å². The molecule has 0 atom stereocenters. The number of hydrogen-bond donors (Lipinski definition) is 2. The average Bonchev–Trinajstić information content (AvgIpc) is 2.37. The Hall–Kier alpha value is -2.49. The monoisotopic (exact) mass is 257 g/mol. The van der Waals surface area contributed by atoms with E-state index >= 15 is 0 Å². The summed E-state index contributed by atoms with van der Waals surface area (Å²) in [4.78, 5) is 12.7. The van der Waals surface area contributed by atoms with E-state index in [0.29, 0.717) is 5.69 Å². The standard InChI is InChI=1S/C15H15NO3/c1-11-5-2-3-8-14(11)16(10-15(18)19)12-6-4-7-13(17)9-12/h2-9,17H,10H2,1H3,(H,18,19). The number of carbonyl (C=O) groups is 1. The minimum Gasteiger partial charge on any atom is -0.508 e. The maximum absolute atomic E-state index is 11.0. The summed E-state index contributed by atoms with van der Waals surface area (Å²) in [5.74, 6) is -0.812. The fourth-order valence-electron chi connectivity index (χ4n) is 1.98. The second-order valence-electron chi connectivity index (χ2n) is 4.29. The van der Waals surface area contributed by atoms with E-state index in [4.69, 9.17) is 5.11 Å². The van der Waals surface area contributed by atoms with Crippen LogP contribution in [-0.4, -0.2) is 22.7 Å². The van der Waals surface area contributed by atoms with Gasteiger partial charge in [-0.1, -0.05) is 24.3 Å². The van der Waals surface area contributed by atoms with Crippen molar-refractivity contribution >= 4 is 17.3 Å². The van der Waals surface area contributed by atoms with Gasteiger partial charge in [0.2, 0.25) is 0 Å². The quantitative estimate of drug-likeness (QED) is 0.884. The molecule has 0 amide bonds. The maximum atomic E-state index is 11.0. The van der Waals surface area contributed by atoms with Gasteiger partial charge in [0.05, 0.1) is 0 Å². The minimum absolute atomic E-state index is 0.112. The number of aromatic hydroxyl groups is 1. The number of anilines is 2. The number of carboxylic acid groups (broad SMARTS) is 1. The van der Waals surface area contributed by atoms with Crippen LogP contribution in [0.15, 0.2) is 48.5 Å². The van der Waals surface area contributed by atoms with E-state index in [-0.39, 0.29) is 12.3 Å². The van der Waals surface area contributed by atoms with Crippen molar-refractivity contribution in [3.8, 4) is 5.75 Å². The molecule has 98 valence electrons. The molecular weight excluding hydrogens is 242 g/mol. The molecule has 0 aliphatic carbocycles. The number of carboxylic acids is 1. The number of benzene rings is 2. The van der Waals surface area contributed by atoms with E-state index in [1.165, 1.54) is 0 Å². The molecule has 2 rings (SSSR count). The van der Waals surface area contributed by atoms with Crippen molar-refractivity contribution < 1.29 is 15.0 Å². The Balaban J connectivity index is 2.47. The molecule has 2 aromatic rings.